The number of Topliss-reactive ketones (excluding diaryl/α,β-unsaturated/α-hetero) is 1. The maximum atomic E-state index is 13.1. The highest BCUT2D eigenvalue weighted by Gasteiger charge is 2.45. The Balaban J connectivity index is 1.72. The van der Waals surface area contributed by atoms with Crippen LogP contribution in [0.2, 0.25) is 0 Å². The van der Waals surface area contributed by atoms with Crippen LogP contribution in [0.3, 0.4) is 0 Å². The first-order valence-corrected chi connectivity index (χ1v) is 11.3. The lowest BCUT2D eigenvalue weighted by molar-refractivity contribution is -0.139. The van der Waals surface area contributed by atoms with Gasteiger partial charge in [-0.15, -0.1) is 0 Å². The van der Waals surface area contributed by atoms with Gasteiger partial charge in [0.1, 0.15) is 17.3 Å². The number of amides is 1. The Morgan fingerprint density at radius 2 is 1.94 bits per heavy atom. The molecule has 0 aliphatic carbocycles. The lowest BCUT2D eigenvalue weighted by Gasteiger charge is -2.25. The molecule has 176 valence electrons. The Hall–Kier alpha value is -4.07. The number of carbonyl (C=O) groups is 2. The third-order valence-corrected chi connectivity index (χ3v) is 5.68. The molecule has 2 N–H and O–H groups in total. The average Bonchev–Trinajstić information content (AvgIpc) is 3.45. The molecule has 1 aromatic heterocycles. The Bertz CT molecular complexity index is 1200. The molecule has 1 atom stereocenters. The molecular formula is C26H27N3O5. The number of ketones is 1. The first-order valence-electron chi connectivity index (χ1n) is 11.3. The molecule has 1 unspecified atom stereocenters. The number of carbonyl (C=O) groups excluding carboxylic acids is 2. The van der Waals surface area contributed by atoms with Gasteiger partial charge in [-0.3, -0.25) is 9.59 Å². The van der Waals surface area contributed by atoms with Crippen LogP contribution >= 0.6 is 0 Å². The van der Waals surface area contributed by atoms with Crippen molar-refractivity contribution in [2.24, 2.45) is 0 Å². The van der Waals surface area contributed by atoms with Crippen molar-refractivity contribution >= 4 is 17.4 Å². The van der Waals surface area contributed by atoms with Crippen LogP contribution in [-0.2, 0) is 16.1 Å². The third kappa shape index (κ3) is 4.80. The minimum atomic E-state index is -0.824. The molecule has 34 heavy (non-hydrogen) atoms. The predicted molar refractivity (Wildman–Crippen MR) is 126 cm³/mol. The summed E-state index contributed by atoms with van der Waals surface area (Å²) >= 11 is 0. The number of phenols is 1. The molecule has 1 aliphatic heterocycles. The molecule has 0 radical (unpaired) electrons. The van der Waals surface area contributed by atoms with Crippen LogP contribution in [-0.4, -0.2) is 49.5 Å². The van der Waals surface area contributed by atoms with Gasteiger partial charge in [0, 0.05) is 31.0 Å². The molecule has 1 fully saturated rings. The summed E-state index contributed by atoms with van der Waals surface area (Å²) in [5.41, 5.74) is 0.919. The van der Waals surface area contributed by atoms with Gasteiger partial charge in [0.05, 0.1) is 24.5 Å². The topological polar surface area (TPSA) is 105 Å². The Morgan fingerprint density at radius 3 is 2.68 bits per heavy atom. The fourth-order valence-corrected chi connectivity index (χ4v) is 4.10. The molecule has 0 bridgehead atoms. The van der Waals surface area contributed by atoms with Crippen LogP contribution in [0.25, 0.3) is 5.76 Å². The zero-order valence-electron chi connectivity index (χ0n) is 18.9. The van der Waals surface area contributed by atoms with Gasteiger partial charge in [-0.05, 0) is 42.7 Å². The van der Waals surface area contributed by atoms with Gasteiger partial charge in [0.25, 0.3) is 11.7 Å². The summed E-state index contributed by atoms with van der Waals surface area (Å²) in [6.45, 7) is 3.42. The highest BCUT2D eigenvalue weighted by atomic mass is 16.5. The lowest BCUT2D eigenvalue weighted by atomic mass is 9.95. The van der Waals surface area contributed by atoms with Gasteiger partial charge in [-0.1, -0.05) is 31.2 Å². The number of hydrogen-bond acceptors (Lipinski definition) is 6. The van der Waals surface area contributed by atoms with Crippen LogP contribution in [0.5, 0.6) is 11.5 Å². The molecule has 2 heterocycles. The predicted octanol–water partition coefficient (Wildman–Crippen LogP) is 3.89. The zero-order chi connectivity index (χ0) is 24.1. The largest absolute Gasteiger partial charge is 0.508 e. The summed E-state index contributed by atoms with van der Waals surface area (Å²) < 4.78 is 7.55. The fraction of sp³-hybridized carbons (Fsp3) is 0.269. The van der Waals surface area contributed by atoms with E-state index < -0.39 is 17.7 Å². The van der Waals surface area contributed by atoms with Crippen molar-refractivity contribution in [3.8, 4) is 11.5 Å². The van der Waals surface area contributed by atoms with Crippen molar-refractivity contribution in [1.29, 1.82) is 0 Å². The van der Waals surface area contributed by atoms with Gasteiger partial charge < -0.3 is 24.4 Å². The van der Waals surface area contributed by atoms with E-state index in [2.05, 4.69) is 4.98 Å². The monoisotopic (exact) mass is 461 g/mol. The van der Waals surface area contributed by atoms with Gasteiger partial charge in [0.2, 0.25) is 0 Å². The van der Waals surface area contributed by atoms with Crippen LogP contribution in [0.1, 0.15) is 36.9 Å². The number of hydrogen-bond donors (Lipinski definition) is 2. The molecule has 1 amide bonds. The molecule has 0 saturated carbocycles. The van der Waals surface area contributed by atoms with E-state index in [1.165, 1.54) is 17.0 Å². The normalized spacial score (nSPS) is 17.3. The van der Waals surface area contributed by atoms with Crippen molar-refractivity contribution in [2.45, 2.75) is 32.4 Å². The second-order valence-electron chi connectivity index (χ2n) is 8.12. The number of nitrogens with zero attached hydrogens (tertiary/aromatic N) is 3. The second-order valence-corrected chi connectivity index (χ2v) is 8.12. The lowest BCUT2D eigenvalue weighted by Crippen LogP contribution is -2.31. The Labute approximate surface area is 197 Å². The standard InChI is InChI=1S/C26H27N3O5/c1-2-14-34-21-9-4-7-19(16-21)24(31)22-23(18-6-3-8-20(30)15-18)29(26(33)25(22)32)12-5-11-28-13-10-27-17-28/h3-4,6-10,13,15-17,23,30-31H,2,5,11-12,14H2,1H3/b24-22+. The number of rotatable bonds is 9. The van der Waals surface area contributed by atoms with Crippen molar-refractivity contribution in [3.05, 3.63) is 84.0 Å². The molecule has 2 aromatic carbocycles. The summed E-state index contributed by atoms with van der Waals surface area (Å²) in [4.78, 5) is 31.6. The summed E-state index contributed by atoms with van der Waals surface area (Å²) in [6, 6.07) is 12.4. The quantitative estimate of drug-likeness (QED) is 0.285. The van der Waals surface area contributed by atoms with Crippen molar-refractivity contribution in [1.82, 2.24) is 14.5 Å². The van der Waals surface area contributed by atoms with Crippen molar-refractivity contribution < 1.29 is 24.5 Å². The van der Waals surface area contributed by atoms with E-state index in [-0.39, 0.29) is 17.1 Å². The van der Waals surface area contributed by atoms with E-state index in [0.717, 1.165) is 6.42 Å². The zero-order valence-corrected chi connectivity index (χ0v) is 18.9. The minimum Gasteiger partial charge on any atom is -0.508 e. The SMILES string of the molecule is CCCOc1cccc(/C(O)=C2\C(=O)C(=O)N(CCCn3ccnc3)C2c2cccc(O)c2)c1. The number of phenolic OH excluding ortho intramolecular Hbond substituents is 1. The smallest absolute Gasteiger partial charge is 0.295 e. The van der Waals surface area contributed by atoms with E-state index >= 15 is 0 Å². The van der Waals surface area contributed by atoms with Crippen LogP contribution in [0.15, 0.2) is 72.8 Å². The third-order valence-electron chi connectivity index (χ3n) is 5.68. The summed E-state index contributed by atoms with van der Waals surface area (Å²) in [6.07, 6.45) is 6.61. The number of aryl methyl sites for hydroxylation is 1. The summed E-state index contributed by atoms with van der Waals surface area (Å²) in [5.74, 6) is -1.14. The fourth-order valence-electron chi connectivity index (χ4n) is 4.10. The highest BCUT2D eigenvalue weighted by Crippen LogP contribution is 2.40. The molecule has 3 aromatic rings. The Kier molecular flexibility index (Phi) is 6.96. The van der Waals surface area contributed by atoms with E-state index in [9.17, 15) is 19.8 Å². The molecular weight excluding hydrogens is 434 g/mol. The van der Waals surface area contributed by atoms with Crippen molar-refractivity contribution in [2.75, 3.05) is 13.2 Å². The molecule has 1 saturated heterocycles. The van der Waals surface area contributed by atoms with Crippen LogP contribution < -0.4 is 4.74 Å². The number of likely N-dealkylation sites (tertiary alicyclic amines) is 1. The molecule has 1 aliphatic rings. The number of aliphatic hydroxyl groups is 1. The summed E-state index contributed by atoms with van der Waals surface area (Å²) in [5, 5.41) is 21.3. The summed E-state index contributed by atoms with van der Waals surface area (Å²) in [7, 11) is 0. The molecule has 4 rings (SSSR count). The van der Waals surface area contributed by atoms with E-state index in [1.807, 2.05) is 17.7 Å². The van der Waals surface area contributed by atoms with Crippen molar-refractivity contribution in [3.63, 3.8) is 0 Å². The Morgan fingerprint density at radius 1 is 1.12 bits per heavy atom. The maximum Gasteiger partial charge on any atom is 0.295 e. The number of aromatic nitrogens is 2. The number of benzene rings is 2. The molecule has 0 spiro atoms. The highest BCUT2D eigenvalue weighted by molar-refractivity contribution is 6.46. The molecule has 8 heteroatoms. The second kappa shape index (κ2) is 10.2. The first-order chi connectivity index (χ1) is 16.5. The van der Waals surface area contributed by atoms with Gasteiger partial charge >= 0.3 is 0 Å². The van der Waals surface area contributed by atoms with E-state index in [0.29, 0.717) is 43.0 Å². The van der Waals surface area contributed by atoms with Crippen LogP contribution in [0.4, 0.5) is 0 Å². The van der Waals surface area contributed by atoms with Gasteiger partial charge in [0.15, 0.2) is 0 Å². The minimum absolute atomic E-state index is 0.00845. The average molecular weight is 462 g/mol. The van der Waals surface area contributed by atoms with Gasteiger partial charge in [-0.2, -0.15) is 0 Å². The molecule has 8 nitrogen and oxygen atoms in total. The van der Waals surface area contributed by atoms with Gasteiger partial charge in [-0.25, -0.2) is 4.98 Å². The number of aliphatic hydroxyl groups excluding tert-OH is 1. The van der Waals surface area contributed by atoms with E-state index in [1.54, 1.807) is 48.9 Å². The van der Waals surface area contributed by atoms with Crippen LogP contribution in [0, 0.1) is 0 Å². The van der Waals surface area contributed by atoms with E-state index in [4.69, 9.17) is 4.74 Å². The maximum absolute atomic E-state index is 13.1. The number of imidazole rings is 1. The number of ether oxygens (including phenoxy) is 1. The first kappa shape index (κ1) is 23.1. The number of aromatic hydroxyl groups is 1.